The molecule has 0 bridgehead atoms. The van der Waals surface area contributed by atoms with Crippen molar-refractivity contribution >= 4 is 23.5 Å². The predicted octanol–water partition coefficient (Wildman–Crippen LogP) is 1.89. The van der Waals surface area contributed by atoms with Gasteiger partial charge in [0.25, 0.3) is 0 Å². The molecule has 0 aliphatic carbocycles. The van der Waals surface area contributed by atoms with E-state index in [1.165, 1.54) is 18.0 Å². The molecule has 0 aliphatic heterocycles. The third-order valence-electron chi connectivity index (χ3n) is 1.20. The molecule has 0 fully saturated rings. The summed E-state index contributed by atoms with van der Waals surface area (Å²) in [6.45, 7) is 0. The number of thioether (sulfide) groups is 1. The first-order chi connectivity index (χ1) is 5.72. The summed E-state index contributed by atoms with van der Waals surface area (Å²) in [5, 5.41) is 11.4. The first-order valence-electron chi connectivity index (χ1n) is 3.22. The minimum Gasteiger partial charge on any atom is -0.465 e. The Kier molecular flexibility index (Phi) is 2.93. The van der Waals surface area contributed by atoms with E-state index in [-0.39, 0.29) is 0 Å². The Hall–Kier alpha value is -1.23. The summed E-state index contributed by atoms with van der Waals surface area (Å²) < 4.78 is 0. The van der Waals surface area contributed by atoms with Crippen molar-refractivity contribution in [3.63, 3.8) is 0 Å². The second-order valence-corrected chi connectivity index (χ2v) is 2.85. The molecule has 1 heterocycles. The summed E-state index contributed by atoms with van der Waals surface area (Å²) in [5.41, 5.74) is 0.486. The van der Waals surface area contributed by atoms with Gasteiger partial charge in [0.2, 0.25) is 0 Å². The van der Waals surface area contributed by atoms with E-state index in [0.29, 0.717) is 5.69 Å². The quantitative estimate of drug-likeness (QED) is 0.689. The molecule has 0 aliphatic rings. The maximum absolute atomic E-state index is 10.2. The van der Waals surface area contributed by atoms with Gasteiger partial charge < -0.3 is 5.11 Å². The summed E-state index contributed by atoms with van der Waals surface area (Å²) in [5.74, 6) is 0. The Bertz CT molecular complexity index is 273. The van der Waals surface area contributed by atoms with Crippen LogP contribution in [0.1, 0.15) is 0 Å². The first kappa shape index (κ1) is 8.86. The Labute approximate surface area is 74.0 Å². The molecule has 1 aromatic rings. The van der Waals surface area contributed by atoms with Gasteiger partial charge in [-0.15, -0.1) is 11.8 Å². The van der Waals surface area contributed by atoms with Crippen molar-refractivity contribution in [2.75, 3.05) is 11.6 Å². The van der Waals surface area contributed by atoms with Gasteiger partial charge in [-0.05, 0) is 18.4 Å². The molecule has 1 rings (SSSR count). The highest BCUT2D eigenvalue weighted by Gasteiger charge is 1.97. The Morgan fingerprint density at radius 1 is 1.67 bits per heavy atom. The molecule has 4 nitrogen and oxygen atoms in total. The van der Waals surface area contributed by atoms with Crippen LogP contribution >= 0.6 is 11.8 Å². The zero-order chi connectivity index (χ0) is 8.97. The van der Waals surface area contributed by atoms with Gasteiger partial charge >= 0.3 is 6.09 Å². The van der Waals surface area contributed by atoms with Crippen molar-refractivity contribution in [2.24, 2.45) is 0 Å². The number of hydrogen-bond donors (Lipinski definition) is 2. The number of amides is 1. The van der Waals surface area contributed by atoms with Crippen molar-refractivity contribution in [3.05, 3.63) is 18.3 Å². The lowest BCUT2D eigenvalue weighted by molar-refractivity contribution is 0.209. The third kappa shape index (κ3) is 2.43. The van der Waals surface area contributed by atoms with E-state index >= 15 is 0 Å². The van der Waals surface area contributed by atoms with E-state index in [1.54, 1.807) is 12.1 Å². The van der Waals surface area contributed by atoms with Crippen LogP contribution in [0.2, 0.25) is 0 Å². The molecular formula is C7H8N2O2S. The van der Waals surface area contributed by atoms with Crippen LogP contribution in [0.25, 0.3) is 0 Å². The Morgan fingerprint density at radius 3 is 2.83 bits per heavy atom. The number of nitrogens with one attached hydrogen (secondary N) is 1. The van der Waals surface area contributed by atoms with E-state index in [1.807, 2.05) is 6.26 Å². The number of carbonyl (C=O) groups is 1. The predicted molar refractivity (Wildman–Crippen MR) is 47.7 cm³/mol. The van der Waals surface area contributed by atoms with Crippen LogP contribution < -0.4 is 5.32 Å². The van der Waals surface area contributed by atoms with E-state index in [9.17, 15) is 4.79 Å². The van der Waals surface area contributed by atoms with Crippen molar-refractivity contribution in [1.29, 1.82) is 0 Å². The van der Waals surface area contributed by atoms with E-state index < -0.39 is 6.09 Å². The van der Waals surface area contributed by atoms with Crippen LogP contribution in [0.3, 0.4) is 0 Å². The first-order valence-corrected chi connectivity index (χ1v) is 4.45. The molecule has 1 aromatic heterocycles. The number of anilines is 1. The summed E-state index contributed by atoms with van der Waals surface area (Å²) in [4.78, 5) is 14.2. The topological polar surface area (TPSA) is 62.2 Å². The second kappa shape index (κ2) is 3.96. The maximum Gasteiger partial charge on any atom is 0.409 e. The molecule has 5 heteroatoms. The largest absolute Gasteiger partial charge is 0.465 e. The van der Waals surface area contributed by atoms with Gasteiger partial charge in [0.1, 0.15) is 0 Å². The lowest BCUT2D eigenvalue weighted by atomic mass is 10.4. The van der Waals surface area contributed by atoms with Crippen LogP contribution in [0, 0.1) is 0 Å². The van der Waals surface area contributed by atoms with Crippen LogP contribution in [0.5, 0.6) is 0 Å². The Morgan fingerprint density at radius 2 is 2.42 bits per heavy atom. The molecule has 2 N–H and O–H groups in total. The lowest BCUT2D eigenvalue weighted by Crippen LogP contribution is -2.07. The highest BCUT2D eigenvalue weighted by Crippen LogP contribution is 2.13. The fraction of sp³-hybridized carbons (Fsp3) is 0.143. The number of aromatic nitrogens is 1. The van der Waals surface area contributed by atoms with Crippen LogP contribution in [-0.2, 0) is 0 Å². The summed E-state index contributed by atoms with van der Waals surface area (Å²) in [6, 6.07) is 3.43. The smallest absolute Gasteiger partial charge is 0.409 e. The molecule has 1 amide bonds. The fourth-order valence-electron chi connectivity index (χ4n) is 0.698. The minimum atomic E-state index is -1.08. The number of hydrogen-bond acceptors (Lipinski definition) is 3. The molecular weight excluding hydrogens is 176 g/mol. The lowest BCUT2D eigenvalue weighted by Gasteiger charge is -1.99. The summed E-state index contributed by atoms with van der Waals surface area (Å²) >= 11 is 1.51. The van der Waals surface area contributed by atoms with Gasteiger partial charge in [-0.1, -0.05) is 0 Å². The van der Waals surface area contributed by atoms with Crippen molar-refractivity contribution < 1.29 is 9.90 Å². The molecule has 0 atom stereocenters. The average Bonchev–Trinajstić information content (AvgIpc) is 2.05. The number of pyridine rings is 1. The molecule has 64 valence electrons. The molecule has 0 saturated carbocycles. The molecule has 0 saturated heterocycles. The molecule has 12 heavy (non-hydrogen) atoms. The maximum atomic E-state index is 10.2. The molecule has 0 unspecified atom stereocenters. The zero-order valence-electron chi connectivity index (χ0n) is 6.44. The van der Waals surface area contributed by atoms with Crippen LogP contribution in [-0.4, -0.2) is 22.4 Å². The van der Waals surface area contributed by atoms with Crippen LogP contribution in [0.4, 0.5) is 10.5 Å². The standard InChI is InChI=1S/C7H8N2O2S/c1-12-6-3-2-5(4-8-6)9-7(10)11/h2-4,9H,1H3,(H,10,11). The van der Waals surface area contributed by atoms with Gasteiger partial charge in [-0.2, -0.15) is 0 Å². The molecule has 0 aromatic carbocycles. The van der Waals surface area contributed by atoms with E-state index in [0.717, 1.165) is 5.03 Å². The SMILES string of the molecule is CSc1ccc(NC(=O)O)cn1. The van der Waals surface area contributed by atoms with E-state index in [2.05, 4.69) is 10.3 Å². The normalized spacial score (nSPS) is 9.42. The van der Waals surface area contributed by atoms with Gasteiger partial charge in [-0.25, -0.2) is 9.78 Å². The van der Waals surface area contributed by atoms with Gasteiger partial charge in [0.15, 0.2) is 0 Å². The third-order valence-corrected chi connectivity index (χ3v) is 1.86. The second-order valence-electron chi connectivity index (χ2n) is 2.02. The number of carboxylic acid groups (broad SMARTS) is 1. The number of rotatable bonds is 2. The van der Waals surface area contributed by atoms with Gasteiger partial charge in [0.05, 0.1) is 16.9 Å². The van der Waals surface area contributed by atoms with Gasteiger partial charge in [0, 0.05) is 0 Å². The molecule has 0 spiro atoms. The highest BCUT2D eigenvalue weighted by atomic mass is 32.2. The van der Waals surface area contributed by atoms with Crippen LogP contribution in [0.15, 0.2) is 23.4 Å². The average molecular weight is 184 g/mol. The number of nitrogens with zero attached hydrogens (tertiary/aromatic N) is 1. The fourth-order valence-corrected chi connectivity index (χ4v) is 1.06. The zero-order valence-corrected chi connectivity index (χ0v) is 7.26. The monoisotopic (exact) mass is 184 g/mol. The van der Waals surface area contributed by atoms with Crippen molar-refractivity contribution in [3.8, 4) is 0 Å². The minimum absolute atomic E-state index is 0.486. The summed E-state index contributed by atoms with van der Waals surface area (Å²) in [6.07, 6.45) is 2.32. The van der Waals surface area contributed by atoms with Gasteiger partial charge in [-0.3, -0.25) is 5.32 Å². The molecule has 0 radical (unpaired) electrons. The van der Waals surface area contributed by atoms with E-state index in [4.69, 9.17) is 5.11 Å². The Balaban J connectivity index is 2.71. The van der Waals surface area contributed by atoms with Crippen molar-refractivity contribution in [1.82, 2.24) is 4.98 Å². The summed E-state index contributed by atoms with van der Waals surface area (Å²) in [7, 11) is 0. The highest BCUT2D eigenvalue weighted by molar-refractivity contribution is 7.98. The van der Waals surface area contributed by atoms with Crippen molar-refractivity contribution in [2.45, 2.75) is 5.03 Å².